The van der Waals surface area contributed by atoms with Crippen molar-refractivity contribution in [2.75, 3.05) is 0 Å². The molecule has 0 bridgehead atoms. The maximum atomic E-state index is 12.1. The Morgan fingerprint density at radius 3 is 2.55 bits per heavy atom. The van der Waals surface area contributed by atoms with E-state index in [1.165, 1.54) is 6.21 Å². The van der Waals surface area contributed by atoms with Gasteiger partial charge in [0.1, 0.15) is 5.75 Å². The maximum Gasteiger partial charge on any atom is 0.275 e. The number of hydrogen-bond donors (Lipinski definition) is 2. The number of fused-ring (bicyclic) bond motifs is 1. The van der Waals surface area contributed by atoms with Crippen molar-refractivity contribution in [2.45, 2.75) is 0 Å². The van der Waals surface area contributed by atoms with E-state index in [1.807, 2.05) is 30.3 Å². The van der Waals surface area contributed by atoms with E-state index in [0.717, 1.165) is 10.8 Å². The summed E-state index contributed by atoms with van der Waals surface area (Å²) in [4.78, 5) is 16.2. The third-order valence-electron chi connectivity index (χ3n) is 3.16. The van der Waals surface area contributed by atoms with Gasteiger partial charge < -0.3 is 5.11 Å². The molecule has 3 rings (SSSR count). The third kappa shape index (κ3) is 2.93. The van der Waals surface area contributed by atoms with E-state index in [2.05, 4.69) is 15.5 Å². The molecule has 2 N–H and O–H groups in total. The van der Waals surface area contributed by atoms with Crippen LogP contribution in [0.3, 0.4) is 0 Å². The number of aromatic nitrogens is 1. The number of amides is 1. The van der Waals surface area contributed by atoms with Gasteiger partial charge in [-0.2, -0.15) is 5.10 Å². The first-order chi connectivity index (χ1) is 10.7. The van der Waals surface area contributed by atoms with Gasteiger partial charge in [0.25, 0.3) is 5.91 Å². The number of carbonyl (C=O) groups excluding carboxylic acids is 1. The van der Waals surface area contributed by atoms with Crippen LogP contribution in [-0.4, -0.2) is 22.2 Å². The largest absolute Gasteiger partial charge is 0.507 e. The molecule has 5 nitrogen and oxygen atoms in total. The normalized spacial score (nSPS) is 10.9. The minimum Gasteiger partial charge on any atom is -0.507 e. The van der Waals surface area contributed by atoms with Crippen molar-refractivity contribution in [1.82, 2.24) is 10.4 Å². The molecule has 108 valence electrons. The number of benzene rings is 2. The Balaban J connectivity index is 1.80. The fourth-order valence-corrected chi connectivity index (χ4v) is 2.08. The van der Waals surface area contributed by atoms with Crippen LogP contribution in [0.15, 0.2) is 65.9 Å². The van der Waals surface area contributed by atoms with Crippen LogP contribution in [-0.2, 0) is 0 Å². The van der Waals surface area contributed by atoms with Gasteiger partial charge in [-0.25, -0.2) is 5.43 Å². The van der Waals surface area contributed by atoms with Crippen LogP contribution < -0.4 is 5.43 Å². The first-order valence-electron chi connectivity index (χ1n) is 6.70. The van der Waals surface area contributed by atoms with Gasteiger partial charge in [0.2, 0.25) is 0 Å². The summed E-state index contributed by atoms with van der Waals surface area (Å²) in [5.74, 6) is -0.556. The van der Waals surface area contributed by atoms with Crippen LogP contribution in [0.1, 0.15) is 16.1 Å². The van der Waals surface area contributed by atoms with Gasteiger partial charge in [-0.05, 0) is 35.0 Å². The molecule has 0 unspecified atom stereocenters. The molecule has 22 heavy (non-hydrogen) atoms. The standard InChI is InChI=1S/C17H13N3O2/c21-16-10-13-6-2-1-5-12(13)9-15(16)17(22)20-19-11-14-7-3-4-8-18-14/h1-11,21H,(H,20,22). The van der Waals surface area contributed by atoms with Gasteiger partial charge in [-0.1, -0.05) is 30.3 Å². The Hall–Kier alpha value is -3.21. The summed E-state index contributed by atoms with van der Waals surface area (Å²) in [6, 6.07) is 16.1. The van der Waals surface area contributed by atoms with Crippen LogP contribution in [0.5, 0.6) is 5.75 Å². The maximum absolute atomic E-state index is 12.1. The van der Waals surface area contributed by atoms with Crippen molar-refractivity contribution in [3.8, 4) is 5.75 Å². The summed E-state index contributed by atoms with van der Waals surface area (Å²) in [6.07, 6.45) is 3.08. The molecular formula is C17H13N3O2. The molecule has 0 aliphatic heterocycles. The topological polar surface area (TPSA) is 74.6 Å². The monoisotopic (exact) mass is 291 g/mol. The lowest BCUT2D eigenvalue weighted by atomic mass is 10.1. The van der Waals surface area contributed by atoms with Gasteiger partial charge in [0, 0.05) is 6.20 Å². The Bertz CT molecular complexity index is 845. The molecule has 1 aromatic heterocycles. The zero-order valence-corrected chi connectivity index (χ0v) is 11.6. The molecule has 1 heterocycles. The highest BCUT2D eigenvalue weighted by atomic mass is 16.3. The minimum absolute atomic E-state index is 0.0794. The molecule has 1 amide bonds. The van der Waals surface area contributed by atoms with Crippen LogP contribution >= 0.6 is 0 Å². The van der Waals surface area contributed by atoms with Gasteiger partial charge in [0.05, 0.1) is 17.5 Å². The molecule has 0 aliphatic carbocycles. The molecule has 2 aromatic carbocycles. The quantitative estimate of drug-likeness (QED) is 0.575. The van der Waals surface area contributed by atoms with Crippen molar-refractivity contribution in [1.29, 1.82) is 0 Å². The average Bonchev–Trinajstić information content (AvgIpc) is 2.55. The SMILES string of the molecule is O=C(NN=Cc1ccccn1)c1cc2ccccc2cc1O. The molecule has 0 saturated heterocycles. The van der Waals surface area contributed by atoms with E-state index in [1.54, 1.807) is 30.5 Å². The van der Waals surface area contributed by atoms with E-state index < -0.39 is 5.91 Å². The zero-order valence-electron chi connectivity index (χ0n) is 11.6. The smallest absolute Gasteiger partial charge is 0.275 e. The number of aromatic hydroxyl groups is 1. The van der Waals surface area contributed by atoms with Crippen LogP contribution in [0, 0.1) is 0 Å². The molecule has 0 spiro atoms. The third-order valence-corrected chi connectivity index (χ3v) is 3.16. The number of phenolic OH excluding ortho intramolecular Hbond substituents is 1. The Morgan fingerprint density at radius 2 is 1.82 bits per heavy atom. The fourth-order valence-electron chi connectivity index (χ4n) is 2.08. The Morgan fingerprint density at radius 1 is 1.09 bits per heavy atom. The highest BCUT2D eigenvalue weighted by Gasteiger charge is 2.11. The lowest BCUT2D eigenvalue weighted by Gasteiger charge is -2.05. The number of nitrogens with one attached hydrogen (secondary N) is 1. The van der Waals surface area contributed by atoms with Crippen LogP contribution in [0.2, 0.25) is 0 Å². The van der Waals surface area contributed by atoms with Crippen molar-refractivity contribution in [3.05, 3.63) is 72.1 Å². The van der Waals surface area contributed by atoms with Gasteiger partial charge in [0.15, 0.2) is 0 Å². The number of hydrazone groups is 1. The van der Waals surface area contributed by atoms with Crippen molar-refractivity contribution in [2.24, 2.45) is 5.10 Å². The predicted molar refractivity (Wildman–Crippen MR) is 84.9 cm³/mol. The molecule has 0 atom stereocenters. The van der Waals surface area contributed by atoms with E-state index in [-0.39, 0.29) is 11.3 Å². The first kappa shape index (κ1) is 13.8. The summed E-state index contributed by atoms with van der Waals surface area (Å²) < 4.78 is 0. The van der Waals surface area contributed by atoms with Crippen LogP contribution in [0.4, 0.5) is 0 Å². The zero-order chi connectivity index (χ0) is 15.4. The number of nitrogens with zero attached hydrogens (tertiary/aromatic N) is 2. The van der Waals surface area contributed by atoms with Gasteiger partial charge >= 0.3 is 0 Å². The van der Waals surface area contributed by atoms with Gasteiger partial charge in [-0.15, -0.1) is 0 Å². The molecule has 0 fully saturated rings. The van der Waals surface area contributed by atoms with Crippen molar-refractivity contribution < 1.29 is 9.90 Å². The summed E-state index contributed by atoms with van der Waals surface area (Å²) in [6.45, 7) is 0. The second kappa shape index (κ2) is 6.05. The number of pyridine rings is 1. The van der Waals surface area contributed by atoms with E-state index in [0.29, 0.717) is 5.69 Å². The number of hydrogen-bond acceptors (Lipinski definition) is 4. The molecular weight excluding hydrogens is 278 g/mol. The van der Waals surface area contributed by atoms with Crippen molar-refractivity contribution in [3.63, 3.8) is 0 Å². The Kier molecular flexibility index (Phi) is 3.78. The predicted octanol–water partition coefficient (Wildman–Crippen LogP) is 2.70. The molecule has 0 saturated carbocycles. The van der Waals surface area contributed by atoms with Gasteiger partial charge in [-0.3, -0.25) is 9.78 Å². The second-order valence-corrected chi connectivity index (χ2v) is 4.67. The molecule has 0 aliphatic rings. The first-order valence-corrected chi connectivity index (χ1v) is 6.70. The number of phenols is 1. The molecule has 0 radical (unpaired) electrons. The van der Waals surface area contributed by atoms with E-state index >= 15 is 0 Å². The summed E-state index contributed by atoms with van der Waals surface area (Å²) in [5.41, 5.74) is 3.19. The summed E-state index contributed by atoms with van der Waals surface area (Å²) >= 11 is 0. The minimum atomic E-state index is -0.476. The van der Waals surface area contributed by atoms with Crippen LogP contribution in [0.25, 0.3) is 10.8 Å². The summed E-state index contributed by atoms with van der Waals surface area (Å²) in [7, 11) is 0. The Labute approximate surface area is 126 Å². The lowest BCUT2D eigenvalue weighted by molar-refractivity contribution is 0.0952. The lowest BCUT2D eigenvalue weighted by Crippen LogP contribution is -2.17. The average molecular weight is 291 g/mol. The summed E-state index contributed by atoms with van der Waals surface area (Å²) in [5, 5.41) is 15.6. The highest BCUT2D eigenvalue weighted by molar-refractivity contribution is 6.01. The number of carbonyl (C=O) groups is 1. The molecule has 5 heteroatoms. The second-order valence-electron chi connectivity index (χ2n) is 4.67. The van der Waals surface area contributed by atoms with E-state index in [4.69, 9.17) is 0 Å². The van der Waals surface area contributed by atoms with Crippen molar-refractivity contribution >= 4 is 22.9 Å². The molecule has 3 aromatic rings. The highest BCUT2D eigenvalue weighted by Crippen LogP contribution is 2.24. The van der Waals surface area contributed by atoms with E-state index in [9.17, 15) is 9.90 Å². The fraction of sp³-hybridized carbons (Fsp3) is 0. The number of rotatable bonds is 3.